The lowest BCUT2D eigenvalue weighted by Crippen LogP contribution is -2.11. The second kappa shape index (κ2) is 5.12. The molecule has 0 aliphatic rings. The molecule has 0 bridgehead atoms. The predicted octanol–water partition coefficient (Wildman–Crippen LogP) is 1.27. The molecule has 16 heavy (non-hydrogen) atoms. The van der Waals surface area contributed by atoms with Crippen molar-refractivity contribution in [1.29, 1.82) is 0 Å². The van der Waals surface area contributed by atoms with E-state index in [1.54, 1.807) is 13.0 Å². The number of phenolic OH excluding ortho intramolecular Hbond substituents is 1. The lowest BCUT2D eigenvalue weighted by atomic mass is 10.0. The highest BCUT2D eigenvalue weighted by atomic mass is 32.2. The van der Waals surface area contributed by atoms with Crippen LogP contribution in [0.3, 0.4) is 0 Å². The molecule has 1 aromatic carbocycles. The zero-order chi connectivity index (χ0) is 12.3. The third-order valence-corrected chi connectivity index (χ3v) is 2.81. The maximum absolute atomic E-state index is 11.7. The van der Waals surface area contributed by atoms with Crippen molar-refractivity contribution in [1.82, 2.24) is 0 Å². The van der Waals surface area contributed by atoms with Crippen molar-refractivity contribution in [2.75, 3.05) is 19.1 Å². The number of aromatic hydroxyl groups is 1. The van der Waals surface area contributed by atoms with Gasteiger partial charge in [-0.25, -0.2) is 0 Å². The maximum atomic E-state index is 11.7. The number of aryl methyl sites for hydroxylation is 1. The van der Waals surface area contributed by atoms with Gasteiger partial charge in [0.25, 0.3) is 0 Å². The fourth-order valence-electron chi connectivity index (χ4n) is 1.47. The zero-order valence-corrected chi connectivity index (χ0v) is 10.3. The Kier molecular flexibility index (Phi) is 4.06. The van der Waals surface area contributed by atoms with Crippen LogP contribution in [0.2, 0.25) is 0 Å². The van der Waals surface area contributed by atoms with Crippen LogP contribution in [0.5, 0.6) is 11.5 Å². The van der Waals surface area contributed by atoms with Crippen molar-refractivity contribution in [2.24, 2.45) is 0 Å². The van der Waals surface area contributed by atoms with E-state index < -0.39 is 10.8 Å². The van der Waals surface area contributed by atoms with Gasteiger partial charge in [0.05, 0.1) is 18.4 Å². The van der Waals surface area contributed by atoms with Crippen LogP contribution in [0.15, 0.2) is 12.1 Å². The summed E-state index contributed by atoms with van der Waals surface area (Å²) < 4.78 is 15.9. The number of hydrogen-bond acceptors (Lipinski definition) is 4. The van der Waals surface area contributed by atoms with Gasteiger partial charge in [0, 0.05) is 23.1 Å². The molecular weight excluding hydrogens is 228 g/mol. The average Bonchev–Trinajstić information content (AvgIpc) is 2.15. The van der Waals surface area contributed by atoms with Crippen molar-refractivity contribution in [3.8, 4) is 11.5 Å². The quantitative estimate of drug-likeness (QED) is 0.808. The predicted molar refractivity (Wildman–Crippen MR) is 62.7 cm³/mol. The monoisotopic (exact) mass is 242 g/mol. The molecule has 5 heteroatoms. The van der Waals surface area contributed by atoms with Crippen molar-refractivity contribution in [3.63, 3.8) is 0 Å². The number of ether oxygens (including phenoxy) is 1. The zero-order valence-electron chi connectivity index (χ0n) is 9.44. The molecule has 1 N–H and O–H groups in total. The molecule has 1 aromatic rings. The number of Topliss-reactive ketones (excluding diaryl/α,β-unsaturated/α-hetero) is 1. The van der Waals surface area contributed by atoms with Gasteiger partial charge in [-0.1, -0.05) is 0 Å². The third kappa shape index (κ3) is 2.82. The summed E-state index contributed by atoms with van der Waals surface area (Å²) in [5.74, 6) is -0.0456. The van der Waals surface area contributed by atoms with Gasteiger partial charge in [-0.05, 0) is 18.6 Å². The summed E-state index contributed by atoms with van der Waals surface area (Å²) in [6.07, 6.45) is 1.45. The Hall–Kier alpha value is -1.36. The maximum Gasteiger partial charge on any atom is 0.179 e. The molecule has 0 amide bonds. The topological polar surface area (TPSA) is 63.6 Å². The fraction of sp³-hybridized carbons (Fsp3) is 0.364. The number of hydrogen-bond donors (Lipinski definition) is 1. The molecule has 0 aromatic heterocycles. The van der Waals surface area contributed by atoms with Gasteiger partial charge in [0.15, 0.2) is 5.78 Å². The highest BCUT2D eigenvalue weighted by Crippen LogP contribution is 2.27. The van der Waals surface area contributed by atoms with Crippen molar-refractivity contribution in [2.45, 2.75) is 6.92 Å². The first-order chi connectivity index (χ1) is 7.45. The molecule has 0 saturated heterocycles. The van der Waals surface area contributed by atoms with E-state index in [0.717, 1.165) is 0 Å². The van der Waals surface area contributed by atoms with Crippen LogP contribution in [-0.4, -0.2) is 34.2 Å². The molecule has 88 valence electrons. The third-order valence-electron chi connectivity index (χ3n) is 2.14. The van der Waals surface area contributed by atoms with E-state index in [0.29, 0.717) is 11.3 Å². The van der Waals surface area contributed by atoms with Crippen LogP contribution >= 0.6 is 0 Å². The van der Waals surface area contributed by atoms with Crippen molar-refractivity contribution >= 4 is 16.6 Å². The molecular formula is C11H14O4S. The molecule has 1 atom stereocenters. The van der Waals surface area contributed by atoms with Crippen LogP contribution in [0.4, 0.5) is 0 Å². The Bertz CT molecular complexity index is 417. The first-order valence-corrected chi connectivity index (χ1v) is 6.39. The molecule has 0 heterocycles. The second-order valence-electron chi connectivity index (χ2n) is 3.48. The highest BCUT2D eigenvalue weighted by molar-refractivity contribution is 7.85. The number of benzene rings is 1. The van der Waals surface area contributed by atoms with E-state index in [4.69, 9.17) is 4.74 Å². The van der Waals surface area contributed by atoms with Gasteiger partial charge < -0.3 is 9.84 Å². The summed E-state index contributed by atoms with van der Waals surface area (Å²) in [4.78, 5) is 11.7. The van der Waals surface area contributed by atoms with Gasteiger partial charge in [-0.2, -0.15) is 0 Å². The fourth-order valence-corrected chi connectivity index (χ4v) is 1.99. The van der Waals surface area contributed by atoms with Crippen LogP contribution in [-0.2, 0) is 10.8 Å². The molecule has 1 rings (SSSR count). The average molecular weight is 242 g/mol. The number of carbonyl (C=O) groups excluding carboxylic acids is 1. The summed E-state index contributed by atoms with van der Waals surface area (Å²) in [5, 5.41) is 9.69. The minimum Gasteiger partial charge on any atom is -0.507 e. The Morgan fingerprint density at radius 1 is 1.50 bits per heavy atom. The van der Waals surface area contributed by atoms with Gasteiger partial charge >= 0.3 is 0 Å². The first-order valence-electron chi connectivity index (χ1n) is 4.66. The second-order valence-corrected chi connectivity index (χ2v) is 4.91. The molecule has 0 aliphatic carbocycles. The van der Waals surface area contributed by atoms with Crippen LogP contribution in [0, 0.1) is 6.92 Å². The SMILES string of the molecule is COc1cc(C)c(C(=O)CS(C)=O)c(O)c1. The number of phenols is 1. The molecule has 0 aliphatic heterocycles. The number of carbonyl (C=O) groups is 1. The van der Waals surface area contributed by atoms with E-state index in [1.165, 1.54) is 19.4 Å². The lowest BCUT2D eigenvalue weighted by Gasteiger charge is -2.09. The Labute approximate surface area is 96.7 Å². The molecule has 0 radical (unpaired) electrons. The number of methoxy groups -OCH3 is 1. The summed E-state index contributed by atoms with van der Waals surface area (Å²) in [7, 11) is 0.271. The Morgan fingerprint density at radius 3 is 2.56 bits per heavy atom. The van der Waals surface area contributed by atoms with E-state index in [9.17, 15) is 14.1 Å². The minimum atomic E-state index is -1.21. The molecule has 0 saturated carbocycles. The molecule has 1 unspecified atom stereocenters. The summed E-state index contributed by atoms with van der Waals surface area (Å²) in [6, 6.07) is 3.03. The van der Waals surface area contributed by atoms with E-state index in [1.807, 2.05) is 0 Å². The number of rotatable bonds is 4. The van der Waals surface area contributed by atoms with Gasteiger partial charge in [-0.15, -0.1) is 0 Å². The van der Waals surface area contributed by atoms with E-state index >= 15 is 0 Å². The number of ketones is 1. The van der Waals surface area contributed by atoms with Crippen LogP contribution in [0.1, 0.15) is 15.9 Å². The van der Waals surface area contributed by atoms with Crippen molar-refractivity contribution in [3.05, 3.63) is 23.3 Å². The first kappa shape index (κ1) is 12.7. The highest BCUT2D eigenvalue weighted by Gasteiger charge is 2.16. The van der Waals surface area contributed by atoms with Crippen LogP contribution in [0.25, 0.3) is 0 Å². The van der Waals surface area contributed by atoms with Crippen molar-refractivity contribution < 1.29 is 18.8 Å². The van der Waals surface area contributed by atoms with Gasteiger partial charge in [0.1, 0.15) is 11.5 Å². The molecule has 4 nitrogen and oxygen atoms in total. The van der Waals surface area contributed by atoms with E-state index in [2.05, 4.69) is 0 Å². The standard InChI is InChI=1S/C11H14O4S/c1-7-4-8(15-2)5-9(12)11(7)10(13)6-16(3)14/h4-5,12H,6H2,1-3H3. The normalized spacial score (nSPS) is 12.2. The van der Waals surface area contributed by atoms with Gasteiger partial charge in [-0.3, -0.25) is 9.00 Å². The lowest BCUT2D eigenvalue weighted by molar-refractivity contribution is 0.101. The molecule has 0 fully saturated rings. The Morgan fingerprint density at radius 2 is 2.12 bits per heavy atom. The summed E-state index contributed by atoms with van der Waals surface area (Å²) in [5.41, 5.74) is 0.836. The Balaban J connectivity index is 3.14. The van der Waals surface area contributed by atoms with Crippen LogP contribution < -0.4 is 4.74 Å². The minimum absolute atomic E-state index is 0.0826. The van der Waals surface area contributed by atoms with E-state index in [-0.39, 0.29) is 22.8 Å². The summed E-state index contributed by atoms with van der Waals surface area (Å²) >= 11 is 0. The van der Waals surface area contributed by atoms with Gasteiger partial charge in [0.2, 0.25) is 0 Å². The summed E-state index contributed by atoms with van der Waals surface area (Å²) in [6.45, 7) is 1.70. The smallest absolute Gasteiger partial charge is 0.179 e. The largest absolute Gasteiger partial charge is 0.507 e. The molecule has 0 spiro atoms.